The number of halogens is 2. The second-order valence-electron chi connectivity index (χ2n) is 2.63. The molecule has 0 saturated carbocycles. The number of thioether (sulfide) groups is 1. The van der Waals surface area contributed by atoms with Crippen LogP contribution in [0.15, 0.2) is 22.5 Å². The number of fused-ring (bicyclic) bond motifs is 1. The van der Waals surface area contributed by atoms with Crippen LogP contribution < -0.4 is 0 Å². The number of rotatable bonds is 3. The van der Waals surface area contributed by atoms with Gasteiger partial charge < -0.3 is 0 Å². The van der Waals surface area contributed by atoms with Crippen LogP contribution in [0, 0.1) is 0 Å². The standard InChI is InChI=1S/C9H7Cl2NS2/c10-3-4-13-9-12-7-5-6(11)1-2-8(7)14-9/h1-2,5H,3-4H2. The molecule has 1 aromatic carbocycles. The maximum absolute atomic E-state index is 5.87. The van der Waals surface area contributed by atoms with E-state index in [4.69, 9.17) is 23.2 Å². The summed E-state index contributed by atoms with van der Waals surface area (Å²) in [6.07, 6.45) is 0. The number of hydrogen-bond donors (Lipinski definition) is 0. The molecule has 1 heterocycles. The minimum absolute atomic E-state index is 0.654. The lowest BCUT2D eigenvalue weighted by Crippen LogP contribution is -1.77. The zero-order valence-electron chi connectivity index (χ0n) is 7.17. The maximum Gasteiger partial charge on any atom is 0.151 e. The van der Waals surface area contributed by atoms with Gasteiger partial charge in [-0.1, -0.05) is 23.4 Å². The van der Waals surface area contributed by atoms with Crippen molar-refractivity contribution in [1.29, 1.82) is 0 Å². The molecule has 14 heavy (non-hydrogen) atoms. The Bertz CT molecular complexity index is 441. The number of nitrogens with zero attached hydrogens (tertiary/aromatic N) is 1. The van der Waals surface area contributed by atoms with E-state index in [1.54, 1.807) is 23.1 Å². The van der Waals surface area contributed by atoms with E-state index in [2.05, 4.69) is 4.98 Å². The molecule has 1 nitrogen and oxygen atoms in total. The minimum atomic E-state index is 0.654. The zero-order valence-corrected chi connectivity index (χ0v) is 10.3. The number of aromatic nitrogens is 1. The fourth-order valence-corrected chi connectivity index (χ4v) is 3.31. The molecule has 1 aromatic heterocycles. The van der Waals surface area contributed by atoms with Gasteiger partial charge in [0.05, 0.1) is 10.2 Å². The van der Waals surface area contributed by atoms with Crippen LogP contribution in [0.25, 0.3) is 10.2 Å². The third-order valence-electron chi connectivity index (χ3n) is 1.63. The highest BCUT2D eigenvalue weighted by Gasteiger charge is 2.03. The van der Waals surface area contributed by atoms with E-state index in [1.165, 1.54) is 4.70 Å². The molecule has 0 fully saturated rings. The van der Waals surface area contributed by atoms with Crippen LogP contribution in [0.3, 0.4) is 0 Å². The molecule has 0 saturated heterocycles. The van der Waals surface area contributed by atoms with Crippen LogP contribution in [0.2, 0.25) is 5.02 Å². The fraction of sp³-hybridized carbons (Fsp3) is 0.222. The summed E-state index contributed by atoms with van der Waals surface area (Å²) in [5.41, 5.74) is 0.972. The van der Waals surface area contributed by atoms with Gasteiger partial charge in [0.2, 0.25) is 0 Å². The molecule has 0 atom stereocenters. The minimum Gasteiger partial charge on any atom is -0.230 e. The van der Waals surface area contributed by atoms with Gasteiger partial charge in [0.1, 0.15) is 0 Å². The Morgan fingerprint density at radius 2 is 2.29 bits per heavy atom. The average molecular weight is 264 g/mol. The molecule has 0 bridgehead atoms. The lowest BCUT2D eigenvalue weighted by Gasteiger charge is -1.88. The van der Waals surface area contributed by atoms with E-state index in [1.807, 2.05) is 18.2 Å². The van der Waals surface area contributed by atoms with Crippen LogP contribution in [0.4, 0.5) is 0 Å². The Hall–Kier alpha value is 0.0400. The molecule has 0 aliphatic heterocycles. The number of thiazole rings is 1. The van der Waals surface area contributed by atoms with Crippen molar-refractivity contribution in [3.05, 3.63) is 23.2 Å². The molecule has 2 rings (SSSR count). The Morgan fingerprint density at radius 1 is 1.43 bits per heavy atom. The summed E-state index contributed by atoms with van der Waals surface area (Å²) in [7, 11) is 0. The predicted molar refractivity (Wildman–Crippen MR) is 66.1 cm³/mol. The summed E-state index contributed by atoms with van der Waals surface area (Å²) in [5.74, 6) is 1.55. The van der Waals surface area contributed by atoms with E-state index in [9.17, 15) is 0 Å². The Morgan fingerprint density at radius 3 is 3.07 bits per heavy atom. The highest BCUT2D eigenvalue weighted by molar-refractivity contribution is 8.01. The summed E-state index contributed by atoms with van der Waals surface area (Å²) < 4.78 is 2.23. The predicted octanol–water partition coefficient (Wildman–Crippen LogP) is 4.28. The normalized spacial score (nSPS) is 11.0. The number of alkyl halides is 1. The summed E-state index contributed by atoms with van der Waals surface area (Å²) in [6.45, 7) is 0. The summed E-state index contributed by atoms with van der Waals surface area (Å²) in [6, 6.07) is 5.77. The molecule has 0 aliphatic rings. The Kier molecular flexibility index (Phi) is 3.55. The van der Waals surface area contributed by atoms with Gasteiger partial charge in [-0.3, -0.25) is 0 Å². The van der Waals surface area contributed by atoms with Gasteiger partial charge >= 0.3 is 0 Å². The van der Waals surface area contributed by atoms with Crippen LogP contribution in [0.5, 0.6) is 0 Å². The molecule has 0 N–H and O–H groups in total. The van der Waals surface area contributed by atoms with E-state index in [-0.39, 0.29) is 0 Å². The Balaban J connectivity index is 2.32. The van der Waals surface area contributed by atoms with Gasteiger partial charge in [0, 0.05) is 16.7 Å². The molecule has 74 valence electrons. The van der Waals surface area contributed by atoms with Crippen molar-refractivity contribution in [3.63, 3.8) is 0 Å². The van der Waals surface area contributed by atoms with Crippen molar-refractivity contribution in [1.82, 2.24) is 4.98 Å². The second-order valence-corrected chi connectivity index (χ2v) is 5.82. The Labute approximate surface area is 100 Å². The largest absolute Gasteiger partial charge is 0.230 e. The molecular formula is C9H7Cl2NS2. The van der Waals surface area contributed by atoms with E-state index in [0.29, 0.717) is 5.88 Å². The zero-order chi connectivity index (χ0) is 9.97. The van der Waals surface area contributed by atoms with Crippen molar-refractivity contribution in [3.8, 4) is 0 Å². The maximum atomic E-state index is 5.87. The van der Waals surface area contributed by atoms with Gasteiger partial charge in [0.15, 0.2) is 4.34 Å². The molecule has 0 spiro atoms. The van der Waals surface area contributed by atoms with E-state index >= 15 is 0 Å². The topological polar surface area (TPSA) is 12.9 Å². The monoisotopic (exact) mass is 263 g/mol. The lowest BCUT2D eigenvalue weighted by atomic mass is 10.3. The van der Waals surface area contributed by atoms with Gasteiger partial charge in [-0.05, 0) is 18.2 Å². The summed E-state index contributed by atoms with van der Waals surface area (Å²) >= 11 is 14.8. The smallest absolute Gasteiger partial charge is 0.151 e. The first-order chi connectivity index (χ1) is 6.79. The van der Waals surface area contributed by atoms with Crippen molar-refractivity contribution in [2.24, 2.45) is 0 Å². The van der Waals surface area contributed by atoms with Crippen molar-refractivity contribution in [2.45, 2.75) is 4.34 Å². The van der Waals surface area contributed by atoms with Crippen molar-refractivity contribution in [2.75, 3.05) is 11.6 Å². The number of benzene rings is 1. The molecule has 0 radical (unpaired) electrons. The van der Waals surface area contributed by atoms with Crippen LogP contribution in [-0.2, 0) is 0 Å². The third-order valence-corrected chi connectivity index (χ3v) is 4.46. The second kappa shape index (κ2) is 4.71. The molecule has 0 unspecified atom stereocenters. The van der Waals surface area contributed by atoms with Gasteiger partial charge in [0.25, 0.3) is 0 Å². The summed E-state index contributed by atoms with van der Waals surface area (Å²) in [4.78, 5) is 4.45. The molecule has 5 heteroatoms. The quantitative estimate of drug-likeness (QED) is 0.606. The first-order valence-electron chi connectivity index (χ1n) is 4.04. The molecule has 0 amide bonds. The molecule has 2 aromatic rings. The third kappa shape index (κ3) is 2.34. The van der Waals surface area contributed by atoms with E-state index < -0.39 is 0 Å². The van der Waals surface area contributed by atoms with Gasteiger partial charge in [-0.15, -0.1) is 22.9 Å². The first kappa shape index (κ1) is 10.6. The molecule has 0 aliphatic carbocycles. The van der Waals surface area contributed by atoms with Crippen LogP contribution in [0.1, 0.15) is 0 Å². The highest BCUT2D eigenvalue weighted by atomic mass is 35.5. The summed E-state index contributed by atoms with van der Waals surface area (Å²) in [5, 5.41) is 0.733. The van der Waals surface area contributed by atoms with Crippen LogP contribution in [-0.4, -0.2) is 16.6 Å². The number of hydrogen-bond acceptors (Lipinski definition) is 3. The van der Waals surface area contributed by atoms with Crippen molar-refractivity contribution < 1.29 is 0 Å². The lowest BCUT2D eigenvalue weighted by molar-refractivity contribution is 1.30. The fourth-order valence-electron chi connectivity index (χ4n) is 1.07. The van der Waals surface area contributed by atoms with Gasteiger partial charge in [-0.2, -0.15) is 0 Å². The first-order valence-corrected chi connectivity index (χ1v) is 6.76. The SMILES string of the molecule is ClCCSc1nc2cc(Cl)ccc2s1. The van der Waals surface area contributed by atoms with Gasteiger partial charge in [-0.25, -0.2) is 4.98 Å². The molecular weight excluding hydrogens is 257 g/mol. The van der Waals surface area contributed by atoms with Crippen molar-refractivity contribution >= 4 is 56.5 Å². The average Bonchev–Trinajstić information content (AvgIpc) is 2.56. The van der Waals surface area contributed by atoms with E-state index in [0.717, 1.165) is 20.6 Å². The highest BCUT2D eigenvalue weighted by Crippen LogP contribution is 2.30. The van der Waals surface area contributed by atoms with Crippen LogP contribution >= 0.6 is 46.3 Å².